The molecule has 168 valence electrons. The number of alkyl halides is 5. The Bertz CT molecular complexity index is 545. The zero-order valence-corrected chi connectivity index (χ0v) is 16.6. The molecular weight excluding hydrogens is 399 g/mol. The number of halogens is 5. The Morgan fingerprint density at radius 3 is 2.34 bits per heavy atom. The Morgan fingerprint density at radius 2 is 1.76 bits per heavy atom. The highest BCUT2D eigenvalue weighted by Crippen LogP contribution is 2.38. The van der Waals surface area contributed by atoms with Gasteiger partial charge in [0.05, 0.1) is 19.3 Å². The molecular formula is C20H29F5O4. The maximum Gasteiger partial charge on any atom is 0.422 e. The smallest absolute Gasteiger partial charge is 0.373 e. The SMILES string of the molecule is CCCCCCCOC1COC(C2=CCC(OC(F)(F)C(F)(F)CF)C=C2)OC1. The molecule has 0 saturated carbocycles. The van der Waals surface area contributed by atoms with Gasteiger partial charge in [-0.1, -0.05) is 50.8 Å². The van der Waals surface area contributed by atoms with E-state index in [4.69, 9.17) is 14.2 Å². The van der Waals surface area contributed by atoms with Crippen molar-refractivity contribution < 1.29 is 40.9 Å². The molecule has 2 aliphatic rings. The summed E-state index contributed by atoms with van der Waals surface area (Å²) in [6.07, 6.45) is 2.79. The van der Waals surface area contributed by atoms with Crippen LogP contribution in [0.5, 0.6) is 0 Å². The molecule has 0 radical (unpaired) electrons. The van der Waals surface area contributed by atoms with E-state index in [0.29, 0.717) is 25.4 Å². The first-order valence-electron chi connectivity index (χ1n) is 10.0. The summed E-state index contributed by atoms with van der Waals surface area (Å²) in [5.74, 6) is -4.87. The Kier molecular flexibility index (Phi) is 9.52. The molecule has 1 unspecified atom stereocenters. The lowest BCUT2D eigenvalue weighted by Gasteiger charge is -2.32. The molecule has 1 aliphatic carbocycles. The molecule has 0 amide bonds. The molecule has 1 fully saturated rings. The van der Waals surface area contributed by atoms with Gasteiger partial charge in [0.1, 0.15) is 6.10 Å². The van der Waals surface area contributed by atoms with Crippen molar-refractivity contribution in [2.45, 2.75) is 76.0 Å². The molecule has 0 aromatic heterocycles. The van der Waals surface area contributed by atoms with Crippen LogP contribution in [0.3, 0.4) is 0 Å². The predicted octanol–water partition coefficient (Wildman–Crippen LogP) is 5.18. The van der Waals surface area contributed by atoms with Crippen molar-refractivity contribution in [2.75, 3.05) is 26.5 Å². The summed E-state index contributed by atoms with van der Waals surface area (Å²) in [4.78, 5) is 0. The topological polar surface area (TPSA) is 36.9 Å². The molecule has 2 rings (SSSR count). The van der Waals surface area contributed by atoms with E-state index in [9.17, 15) is 22.0 Å². The van der Waals surface area contributed by atoms with E-state index < -0.39 is 31.1 Å². The van der Waals surface area contributed by atoms with Gasteiger partial charge in [-0.15, -0.1) is 0 Å². The summed E-state index contributed by atoms with van der Waals surface area (Å²) < 4.78 is 85.7. The van der Waals surface area contributed by atoms with Crippen LogP contribution in [0.15, 0.2) is 23.8 Å². The molecule has 1 heterocycles. The van der Waals surface area contributed by atoms with E-state index in [1.54, 1.807) is 0 Å². The highest BCUT2D eigenvalue weighted by molar-refractivity contribution is 5.27. The zero-order chi connectivity index (χ0) is 21.3. The van der Waals surface area contributed by atoms with E-state index >= 15 is 0 Å². The molecule has 0 spiro atoms. The summed E-state index contributed by atoms with van der Waals surface area (Å²) in [5.41, 5.74) is 0.587. The fourth-order valence-electron chi connectivity index (χ4n) is 2.96. The minimum absolute atomic E-state index is 0.0787. The fourth-order valence-corrected chi connectivity index (χ4v) is 2.96. The van der Waals surface area contributed by atoms with Crippen molar-refractivity contribution in [2.24, 2.45) is 0 Å². The first kappa shape index (κ1) is 24.2. The average molecular weight is 428 g/mol. The van der Waals surface area contributed by atoms with Gasteiger partial charge in [-0.3, -0.25) is 0 Å². The third-order valence-electron chi connectivity index (χ3n) is 4.72. The van der Waals surface area contributed by atoms with Gasteiger partial charge in [0, 0.05) is 12.2 Å². The van der Waals surface area contributed by atoms with Crippen molar-refractivity contribution in [3.05, 3.63) is 23.8 Å². The molecule has 0 bridgehead atoms. The second-order valence-corrected chi connectivity index (χ2v) is 7.22. The Labute approximate surface area is 168 Å². The van der Waals surface area contributed by atoms with Crippen LogP contribution in [0, 0.1) is 0 Å². The zero-order valence-electron chi connectivity index (χ0n) is 16.6. The van der Waals surface area contributed by atoms with Crippen molar-refractivity contribution in [3.63, 3.8) is 0 Å². The van der Waals surface area contributed by atoms with Crippen molar-refractivity contribution in [3.8, 4) is 0 Å². The molecule has 1 saturated heterocycles. The number of hydrogen-bond acceptors (Lipinski definition) is 4. The maximum atomic E-state index is 13.3. The van der Waals surface area contributed by atoms with Crippen molar-refractivity contribution in [1.29, 1.82) is 0 Å². The quantitative estimate of drug-likeness (QED) is 0.317. The summed E-state index contributed by atoms with van der Waals surface area (Å²) in [6.45, 7) is 0.986. The summed E-state index contributed by atoms with van der Waals surface area (Å²) in [6, 6.07) is 0. The third-order valence-corrected chi connectivity index (χ3v) is 4.72. The van der Waals surface area contributed by atoms with Gasteiger partial charge < -0.3 is 18.9 Å². The van der Waals surface area contributed by atoms with Crippen LogP contribution in [-0.4, -0.2) is 57.0 Å². The Hall–Kier alpha value is -1.03. The molecule has 0 aromatic carbocycles. The molecule has 4 nitrogen and oxygen atoms in total. The lowest BCUT2D eigenvalue weighted by molar-refractivity contribution is -0.358. The van der Waals surface area contributed by atoms with Gasteiger partial charge >= 0.3 is 12.0 Å². The first-order chi connectivity index (χ1) is 13.8. The minimum atomic E-state index is -4.89. The first-order valence-corrected chi connectivity index (χ1v) is 10.0. The van der Waals surface area contributed by atoms with Gasteiger partial charge in [-0.05, 0) is 12.8 Å². The monoisotopic (exact) mass is 428 g/mol. The molecule has 1 aliphatic heterocycles. The van der Waals surface area contributed by atoms with E-state index in [0.717, 1.165) is 12.8 Å². The van der Waals surface area contributed by atoms with E-state index in [1.807, 2.05) is 0 Å². The second kappa shape index (κ2) is 11.4. The Balaban J connectivity index is 1.69. The van der Waals surface area contributed by atoms with E-state index in [2.05, 4.69) is 11.7 Å². The van der Waals surface area contributed by atoms with Crippen LogP contribution < -0.4 is 0 Å². The fraction of sp³-hybridized carbons (Fsp3) is 0.800. The van der Waals surface area contributed by atoms with Crippen LogP contribution >= 0.6 is 0 Å². The lowest BCUT2D eigenvalue weighted by atomic mass is 10.0. The van der Waals surface area contributed by atoms with E-state index in [-0.39, 0.29) is 12.5 Å². The van der Waals surface area contributed by atoms with Gasteiger partial charge in [0.2, 0.25) is 0 Å². The average Bonchev–Trinajstić information content (AvgIpc) is 2.71. The van der Waals surface area contributed by atoms with Crippen molar-refractivity contribution in [1.82, 2.24) is 0 Å². The van der Waals surface area contributed by atoms with Gasteiger partial charge in [0.25, 0.3) is 0 Å². The highest BCUT2D eigenvalue weighted by atomic mass is 19.3. The predicted molar refractivity (Wildman–Crippen MR) is 96.8 cm³/mol. The molecule has 0 aromatic rings. The van der Waals surface area contributed by atoms with Crippen LogP contribution in [-0.2, 0) is 18.9 Å². The van der Waals surface area contributed by atoms with E-state index in [1.165, 1.54) is 37.5 Å². The molecule has 29 heavy (non-hydrogen) atoms. The minimum Gasteiger partial charge on any atom is -0.373 e. The highest BCUT2D eigenvalue weighted by Gasteiger charge is 2.59. The molecule has 0 N–H and O–H groups in total. The summed E-state index contributed by atoms with van der Waals surface area (Å²) in [7, 11) is 0. The van der Waals surface area contributed by atoms with Gasteiger partial charge in [-0.25, -0.2) is 4.39 Å². The largest absolute Gasteiger partial charge is 0.422 e. The van der Waals surface area contributed by atoms with Crippen LogP contribution in [0.25, 0.3) is 0 Å². The number of unbranched alkanes of at least 4 members (excludes halogenated alkanes) is 4. The molecule has 9 heteroatoms. The lowest BCUT2D eigenvalue weighted by Crippen LogP contribution is -2.46. The maximum absolute atomic E-state index is 13.3. The third kappa shape index (κ3) is 7.31. The van der Waals surface area contributed by atoms with Crippen molar-refractivity contribution >= 4 is 0 Å². The standard InChI is InChI=1S/C20H29F5O4/c1-2-3-4-5-6-11-26-17-12-27-18(28-13-17)15-7-9-16(10-8-15)29-20(24,25)19(22,23)14-21/h7-9,16-18H,2-6,10-14H2,1H3. The Morgan fingerprint density at radius 1 is 1.07 bits per heavy atom. The number of hydrogen-bond donors (Lipinski definition) is 0. The van der Waals surface area contributed by atoms with Crippen LogP contribution in [0.4, 0.5) is 22.0 Å². The summed E-state index contributed by atoms with van der Waals surface area (Å²) >= 11 is 0. The van der Waals surface area contributed by atoms with Crippen LogP contribution in [0.2, 0.25) is 0 Å². The van der Waals surface area contributed by atoms with Gasteiger partial charge in [0.15, 0.2) is 13.0 Å². The van der Waals surface area contributed by atoms with Crippen LogP contribution in [0.1, 0.15) is 45.4 Å². The van der Waals surface area contributed by atoms with Gasteiger partial charge in [-0.2, -0.15) is 17.6 Å². The summed E-state index contributed by atoms with van der Waals surface area (Å²) in [5, 5.41) is 0. The number of ether oxygens (including phenoxy) is 4. The molecule has 1 atom stereocenters. The number of rotatable bonds is 12. The normalized spacial score (nSPS) is 25.9. The second-order valence-electron chi connectivity index (χ2n) is 7.22.